The molecule has 1 aromatic heterocycles. The molecule has 1 fully saturated rings. The van der Waals surface area contributed by atoms with Gasteiger partial charge in [0.25, 0.3) is 0 Å². The molecule has 0 amide bonds. The number of hydrogen-bond acceptors (Lipinski definition) is 2. The molecule has 64 valence electrons. The highest BCUT2D eigenvalue weighted by Gasteiger charge is 2.44. The third-order valence-electron chi connectivity index (χ3n) is 2.14. The fourth-order valence-electron chi connectivity index (χ4n) is 1.27. The van der Waals surface area contributed by atoms with Crippen LogP contribution in [0.5, 0.6) is 0 Å². The lowest BCUT2D eigenvalue weighted by Crippen LogP contribution is -2.22. The van der Waals surface area contributed by atoms with Gasteiger partial charge in [0.2, 0.25) is 0 Å². The molecule has 0 spiro atoms. The van der Waals surface area contributed by atoms with E-state index in [9.17, 15) is 8.78 Å². The van der Waals surface area contributed by atoms with Crippen molar-refractivity contribution in [3.05, 3.63) is 29.6 Å². The predicted octanol–water partition coefficient (Wildman–Crippen LogP) is 1.31. The molecule has 0 aliphatic heterocycles. The van der Waals surface area contributed by atoms with E-state index in [2.05, 4.69) is 4.98 Å². The molecular formula is C8H8F2N2. The van der Waals surface area contributed by atoms with E-state index in [-0.39, 0.29) is 5.56 Å². The molecule has 0 radical (unpaired) electrons. The van der Waals surface area contributed by atoms with Crippen LogP contribution in [0, 0.1) is 11.6 Å². The summed E-state index contributed by atoms with van der Waals surface area (Å²) in [6.45, 7) is 0. The van der Waals surface area contributed by atoms with E-state index >= 15 is 0 Å². The maximum Gasteiger partial charge on any atom is 0.149 e. The lowest BCUT2D eigenvalue weighted by atomic mass is 10.1. The van der Waals surface area contributed by atoms with Gasteiger partial charge in [-0.2, -0.15) is 0 Å². The van der Waals surface area contributed by atoms with Gasteiger partial charge in [-0.15, -0.1) is 0 Å². The van der Waals surface area contributed by atoms with Gasteiger partial charge in [-0.25, -0.2) is 8.78 Å². The van der Waals surface area contributed by atoms with E-state index in [0.29, 0.717) is 12.8 Å². The van der Waals surface area contributed by atoms with Gasteiger partial charge in [0, 0.05) is 11.1 Å². The van der Waals surface area contributed by atoms with Gasteiger partial charge in [0.1, 0.15) is 11.6 Å². The van der Waals surface area contributed by atoms with E-state index in [0.717, 1.165) is 12.4 Å². The van der Waals surface area contributed by atoms with Crippen LogP contribution in [0.25, 0.3) is 0 Å². The molecule has 1 saturated carbocycles. The Kier molecular flexibility index (Phi) is 1.41. The SMILES string of the molecule is NC1(c2c(F)cncc2F)CC1. The minimum Gasteiger partial charge on any atom is -0.321 e. The largest absolute Gasteiger partial charge is 0.321 e. The highest BCUT2D eigenvalue weighted by atomic mass is 19.1. The molecule has 0 atom stereocenters. The Hall–Kier alpha value is -1.03. The van der Waals surface area contributed by atoms with Crippen molar-refractivity contribution >= 4 is 0 Å². The van der Waals surface area contributed by atoms with Crippen LogP contribution in [-0.2, 0) is 5.54 Å². The van der Waals surface area contributed by atoms with E-state index in [1.54, 1.807) is 0 Å². The van der Waals surface area contributed by atoms with Gasteiger partial charge in [-0.1, -0.05) is 0 Å². The van der Waals surface area contributed by atoms with Crippen molar-refractivity contribution in [2.75, 3.05) is 0 Å². The Labute approximate surface area is 68.4 Å². The zero-order chi connectivity index (χ0) is 8.77. The molecular weight excluding hydrogens is 162 g/mol. The smallest absolute Gasteiger partial charge is 0.149 e. The molecule has 2 nitrogen and oxygen atoms in total. The Bertz CT molecular complexity index is 301. The van der Waals surface area contributed by atoms with Gasteiger partial charge in [-0.3, -0.25) is 4.98 Å². The molecule has 0 unspecified atom stereocenters. The van der Waals surface area contributed by atoms with Crippen molar-refractivity contribution < 1.29 is 8.78 Å². The topological polar surface area (TPSA) is 38.9 Å². The van der Waals surface area contributed by atoms with Crippen molar-refractivity contribution in [2.24, 2.45) is 5.73 Å². The molecule has 1 aliphatic carbocycles. The molecule has 12 heavy (non-hydrogen) atoms. The van der Waals surface area contributed by atoms with Gasteiger partial charge < -0.3 is 5.73 Å². The van der Waals surface area contributed by atoms with Crippen LogP contribution in [0.15, 0.2) is 12.4 Å². The first-order chi connectivity index (χ1) is 5.63. The first-order valence-corrected chi connectivity index (χ1v) is 3.72. The van der Waals surface area contributed by atoms with E-state index in [1.165, 1.54) is 0 Å². The standard InChI is InChI=1S/C8H8F2N2/c9-5-3-12-4-6(10)7(5)8(11)1-2-8/h3-4H,1-2,11H2. The Morgan fingerprint density at radius 1 is 1.25 bits per heavy atom. The second kappa shape index (κ2) is 2.23. The van der Waals surface area contributed by atoms with Crippen LogP contribution >= 0.6 is 0 Å². The fourth-order valence-corrected chi connectivity index (χ4v) is 1.27. The normalized spacial score (nSPS) is 19.2. The quantitative estimate of drug-likeness (QED) is 0.690. The van der Waals surface area contributed by atoms with Crippen LogP contribution in [0.4, 0.5) is 8.78 Å². The van der Waals surface area contributed by atoms with Gasteiger partial charge >= 0.3 is 0 Å². The maximum atomic E-state index is 13.0. The lowest BCUT2D eigenvalue weighted by Gasteiger charge is -2.09. The van der Waals surface area contributed by atoms with E-state index in [1.807, 2.05) is 0 Å². The van der Waals surface area contributed by atoms with E-state index in [4.69, 9.17) is 5.73 Å². The second-order valence-electron chi connectivity index (χ2n) is 3.13. The molecule has 2 N–H and O–H groups in total. The average molecular weight is 170 g/mol. The van der Waals surface area contributed by atoms with Crippen LogP contribution in [0.2, 0.25) is 0 Å². The summed E-state index contributed by atoms with van der Waals surface area (Å²) in [5, 5.41) is 0. The summed E-state index contributed by atoms with van der Waals surface area (Å²) in [5.41, 5.74) is 4.88. The first-order valence-electron chi connectivity index (χ1n) is 3.72. The van der Waals surface area contributed by atoms with Crippen molar-refractivity contribution in [1.82, 2.24) is 4.98 Å². The Morgan fingerprint density at radius 2 is 1.75 bits per heavy atom. The summed E-state index contributed by atoms with van der Waals surface area (Å²) in [6, 6.07) is 0. The zero-order valence-corrected chi connectivity index (χ0v) is 6.35. The van der Waals surface area contributed by atoms with Crippen LogP contribution in [0.3, 0.4) is 0 Å². The highest BCUT2D eigenvalue weighted by Crippen LogP contribution is 2.44. The number of hydrogen-bond donors (Lipinski definition) is 1. The number of pyridine rings is 1. The van der Waals surface area contributed by atoms with Crippen molar-refractivity contribution in [1.29, 1.82) is 0 Å². The Morgan fingerprint density at radius 3 is 2.17 bits per heavy atom. The average Bonchev–Trinajstić information content (AvgIpc) is 2.68. The molecule has 0 aromatic carbocycles. The van der Waals surface area contributed by atoms with Crippen molar-refractivity contribution in [3.63, 3.8) is 0 Å². The molecule has 0 bridgehead atoms. The lowest BCUT2D eigenvalue weighted by molar-refractivity contribution is 0.512. The summed E-state index contributed by atoms with van der Waals surface area (Å²) >= 11 is 0. The third kappa shape index (κ3) is 0.992. The summed E-state index contributed by atoms with van der Waals surface area (Å²) in [6.07, 6.45) is 3.27. The molecule has 4 heteroatoms. The van der Waals surface area contributed by atoms with Crippen LogP contribution < -0.4 is 5.73 Å². The summed E-state index contributed by atoms with van der Waals surface area (Å²) in [4.78, 5) is 3.38. The van der Waals surface area contributed by atoms with Crippen LogP contribution in [0.1, 0.15) is 18.4 Å². The maximum absolute atomic E-state index is 13.0. The summed E-state index contributed by atoms with van der Waals surface area (Å²) in [7, 11) is 0. The highest BCUT2D eigenvalue weighted by molar-refractivity contribution is 5.29. The number of halogens is 2. The number of rotatable bonds is 1. The summed E-state index contributed by atoms with van der Waals surface area (Å²) in [5.74, 6) is -1.29. The first kappa shape index (κ1) is 7.61. The van der Waals surface area contributed by atoms with Crippen LogP contribution in [-0.4, -0.2) is 4.98 Å². The molecule has 1 heterocycles. The third-order valence-corrected chi connectivity index (χ3v) is 2.14. The van der Waals surface area contributed by atoms with E-state index < -0.39 is 17.2 Å². The number of aromatic nitrogens is 1. The number of nitrogens with two attached hydrogens (primary N) is 1. The minimum atomic E-state index is -0.767. The Balaban J connectivity index is 2.55. The van der Waals surface area contributed by atoms with Gasteiger partial charge in [-0.05, 0) is 12.8 Å². The molecule has 1 aromatic rings. The minimum absolute atomic E-state index is 0.0162. The van der Waals surface area contributed by atoms with Crippen molar-refractivity contribution in [3.8, 4) is 0 Å². The summed E-state index contributed by atoms with van der Waals surface area (Å²) < 4.78 is 26.0. The van der Waals surface area contributed by atoms with Crippen molar-refractivity contribution in [2.45, 2.75) is 18.4 Å². The number of nitrogens with zero attached hydrogens (tertiary/aromatic N) is 1. The monoisotopic (exact) mass is 170 g/mol. The predicted molar refractivity (Wildman–Crippen MR) is 39.3 cm³/mol. The zero-order valence-electron chi connectivity index (χ0n) is 6.35. The second-order valence-corrected chi connectivity index (χ2v) is 3.13. The van der Waals surface area contributed by atoms with Gasteiger partial charge in [0.05, 0.1) is 12.4 Å². The van der Waals surface area contributed by atoms with Gasteiger partial charge in [0.15, 0.2) is 0 Å². The molecule has 2 rings (SSSR count). The molecule has 1 aliphatic rings. The fraction of sp³-hybridized carbons (Fsp3) is 0.375. The molecule has 0 saturated heterocycles.